The van der Waals surface area contributed by atoms with E-state index in [0.29, 0.717) is 25.1 Å². The number of aromatic nitrogens is 2. The third-order valence-electron chi connectivity index (χ3n) is 2.87. The largest absolute Gasteiger partial charge is 0.444 e. The van der Waals surface area contributed by atoms with Crippen molar-refractivity contribution in [3.05, 3.63) is 30.4 Å². The van der Waals surface area contributed by atoms with Crippen molar-refractivity contribution in [3.63, 3.8) is 0 Å². The van der Waals surface area contributed by atoms with Gasteiger partial charge in [0.1, 0.15) is 11.9 Å². The Balaban J connectivity index is 1.97. The van der Waals surface area contributed by atoms with Gasteiger partial charge in [-0.3, -0.25) is 9.36 Å². The van der Waals surface area contributed by atoms with Gasteiger partial charge in [-0.05, 0) is 27.2 Å². The standard InChI is InChI=1S/C14H19N3O3/c1-14(2,3)20-13(19)16-7-4-11(5-8-16)12(18)17-9-6-15-10-17/h4,6,9-10H,5,7-8H2,1-3H3. The summed E-state index contributed by atoms with van der Waals surface area (Å²) in [5, 5.41) is 0. The molecule has 1 aliphatic heterocycles. The van der Waals surface area contributed by atoms with Gasteiger partial charge in [-0.2, -0.15) is 0 Å². The average molecular weight is 277 g/mol. The van der Waals surface area contributed by atoms with Crippen molar-refractivity contribution < 1.29 is 14.3 Å². The van der Waals surface area contributed by atoms with Crippen LogP contribution >= 0.6 is 0 Å². The van der Waals surface area contributed by atoms with Crippen LogP contribution in [0.3, 0.4) is 0 Å². The van der Waals surface area contributed by atoms with Crippen LogP contribution < -0.4 is 0 Å². The molecule has 20 heavy (non-hydrogen) atoms. The Morgan fingerprint density at radius 2 is 2.10 bits per heavy atom. The highest BCUT2D eigenvalue weighted by molar-refractivity contribution is 5.95. The molecule has 6 heteroatoms. The number of hydrogen-bond acceptors (Lipinski definition) is 4. The van der Waals surface area contributed by atoms with Crippen LogP contribution in [0.25, 0.3) is 0 Å². The van der Waals surface area contributed by atoms with Crippen molar-refractivity contribution in [1.29, 1.82) is 0 Å². The summed E-state index contributed by atoms with van der Waals surface area (Å²) in [5.41, 5.74) is 0.191. The molecule has 1 aliphatic rings. The van der Waals surface area contributed by atoms with Crippen molar-refractivity contribution in [2.75, 3.05) is 13.1 Å². The first-order valence-corrected chi connectivity index (χ1v) is 6.56. The van der Waals surface area contributed by atoms with Crippen LogP contribution in [0, 0.1) is 0 Å². The van der Waals surface area contributed by atoms with Crippen molar-refractivity contribution in [3.8, 4) is 0 Å². The highest BCUT2D eigenvalue weighted by Gasteiger charge is 2.25. The number of imidazole rings is 1. The molecule has 1 aromatic rings. The molecule has 0 aromatic carbocycles. The van der Waals surface area contributed by atoms with E-state index < -0.39 is 5.60 Å². The van der Waals surface area contributed by atoms with Crippen LogP contribution in [0.2, 0.25) is 0 Å². The van der Waals surface area contributed by atoms with E-state index in [4.69, 9.17) is 4.74 Å². The summed E-state index contributed by atoms with van der Waals surface area (Å²) in [6.07, 6.45) is 6.61. The number of amides is 1. The first kappa shape index (κ1) is 14.3. The summed E-state index contributed by atoms with van der Waals surface area (Å²) in [4.78, 5) is 29.4. The zero-order valence-corrected chi connectivity index (χ0v) is 12.0. The maximum atomic E-state index is 12.1. The third kappa shape index (κ3) is 3.46. The minimum Gasteiger partial charge on any atom is -0.444 e. The first-order valence-electron chi connectivity index (χ1n) is 6.56. The molecule has 0 aliphatic carbocycles. The Bertz CT molecular complexity index is 526. The summed E-state index contributed by atoms with van der Waals surface area (Å²) in [5.74, 6) is -0.0914. The molecule has 0 saturated carbocycles. The average Bonchev–Trinajstić information content (AvgIpc) is 2.90. The quantitative estimate of drug-likeness (QED) is 0.788. The van der Waals surface area contributed by atoms with Crippen LogP contribution in [0.5, 0.6) is 0 Å². The van der Waals surface area contributed by atoms with E-state index in [1.807, 2.05) is 20.8 Å². The van der Waals surface area contributed by atoms with E-state index in [2.05, 4.69) is 4.98 Å². The molecular weight excluding hydrogens is 258 g/mol. The predicted octanol–water partition coefficient (Wildman–Crippen LogP) is 2.09. The van der Waals surface area contributed by atoms with Gasteiger partial charge < -0.3 is 9.64 Å². The second kappa shape index (κ2) is 5.48. The lowest BCUT2D eigenvalue weighted by atomic mass is 10.1. The summed E-state index contributed by atoms with van der Waals surface area (Å²) < 4.78 is 6.74. The van der Waals surface area contributed by atoms with Gasteiger partial charge in [0.2, 0.25) is 0 Å². The van der Waals surface area contributed by atoms with E-state index in [1.54, 1.807) is 23.4 Å². The number of nitrogens with zero attached hydrogens (tertiary/aromatic N) is 3. The van der Waals surface area contributed by atoms with Gasteiger partial charge in [0.15, 0.2) is 0 Å². The fraction of sp³-hybridized carbons (Fsp3) is 0.500. The minimum absolute atomic E-state index is 0.0914. The van der Waals surface area contributed by atoms with Crippen LogP contribution in [-0.2, 0) is 4.74 Å². The Morgan fingerprint density at radius 3 is 2.60 bits per heavy atom. The maximum absolute atomic E-state index is 12.1. The molecule has 0 atom stereocenters. The minimum atomic E-state index is -0.506. The van der Waals surface area contributed by atoms with Gasteiger partial charge in [0.25, 0.3) is 5.91 Å². The second-order valence-electron chi connectivity index (χ2n) is 5.68. The normalized spacial score (nSPS) is 15.8. The molecule has 0 fully saturated rings. The molecule has 0 N–H and O–H groups in total. The number of ether oxygens (including phenoxy) is 1. The first-order chi connectivity index (χ1) is 9.37. The van der Waals surface area contributed by atoms with Crippen molar-refractivity contribution in [2.45, 2.75) is 32.8 Å². The molecule has 6 nitrogen and oxygen atoms in total. The molecule has 0 spiro atoms. The number of carbonyl (C=O) groups excluding carboxylic acids is 2. The van der Waals surface area contributed by atoms with Crippen molar-refractivity contribution >= 4 is 12.0 Å². The van der Waals surface area contributed by atoms with Gasteiger partial charge in [0, 0.05) is 31.1 Å². The van der Waals surface area contributed by atoms with Crippen LogP contribution in [0.15, 0.2) is 30.4 Å². The fourth-order valence-corrected chi connectivity index (χ4v) is 1.90. The smallest absolute Gasteiger partial charge is 0.410 e. The van der Waals surface area contributed by atoms with Gasteiger partial charge in [0.05, 0.1) is 0 Å². The molecule has 1 amide bonds. The highest BCUT2D eigenvalue weighted by atomic mass is 16.6. The zero-order chi connectivity index (χ0) is 14.8. The van der Waals surface area contributed by atoms with Crippen LogP contribution in [0.4, 0.5) is 4.79 Å². The predicted molar refractivity (Wildman–Crippen MR) is 73.4 cm³/mol. The van der Waals surface area contributed by atoms with Gasteiger partial charge in [-0.1, -0.05) is 6.08 Å². The lowest BCUT2D eigenvalue weighted by Crippen LogP contribution is -2.40. The Morgan fingerprint density at radius 1 is 1.35 bits per heavy atom. The number of carbonyl (C=O) groups is 2. The highest BCUT2D eigenvalue weighted by Crippen LogP contribution is 2.16. The molecule has 2 rings (SSSR count). The topological polar surface area (TPSA) is 64.4 Å². The van der Waals surface area contributed by atoms with E-state index in [1.165, 1.54) is 10.9 Å². The Labute approximate surface area is 118 Å². The molecule has 2 heterocycles. The SMILES string of the molecule is CC(C)(C)OC(=O)N1CC=C(C(=O)n2ccnc2)CC1. The maximum Gasteiger partial charge on any atom is 0.410 e. The number of rotatable bonds is 1. The molecule has 0 radical (unpaired) electrons. The Kier molecular flexibility index (Phi) is 3.92. The molecular formula is C14H19N3O3. The zero-order valence-electron chi connectivity index (χ0n) is 12.0. The Hall–Kier alpha value is -2.11. The van der Waals surface area contributed by atoms with Gasteiger partial charge in [-0.25, -0.2) is 9.78 Å². The molecule has 108 valence electrons. The van der Waals surface area contributed by atoms with Crippen molar-refractivity contribution in [2.24, 2.45) is 0 Å². The monoisotopic (exact) mass is 277 g/mol. The van der Waals surface area contributed by atoms with E-state index in [9.17, 15) is 9.59 Å². The molecule has 0 unspecified atom stereocenters. The fourth-order valence-electron chi connectivity index (χ4n) is 1.90. The van der Waals surface area contributed by atoms with Crippen LogP contribution in [-0.4, -0.2) is 45.1 Å². The molecule has 0 bridgehead atoms. The summed E-state index contributed by atoms with van der Waals surface area (Å²) in [6, 6.07) is 0. The van der Waals surface area contributed by atoms with E-state index in [-0.39, 0.29) is 12.0 Å². The second-order valence-corrected chi connectivity index (χ2v) is 5.68. The molecule has 1 aromatic heterocycles. The lowest BCUT2D eigenvalue weighted by molar-refractivity contribution is 0.0264. The van der Waals surface area contributed by atoms with Crippen molar-refractivity contribution in [1.82, 2.24) is 14.5 Å². The summed E-state index contributed by atoms with van der Waals surface area (Å²) in [6.45, 7) is 6.38. The molecule has 0 saturated heterocycles. The van der Waals surface area contributed by atoms with E-state index >= 15 is 0 Å². The number of hydrogen-bond donors (Lipinski definition) is 0. The lowest BCUT2D eigenvalue weighted by Gasteiger charge is -2.29. The van der Waals surface area contributed by atoms with Gasteiger partial charge in [-0.15, -0.1) is 0 Å². The third-order valence-corrected chi connectivity index (χ3v) is 2.87. The summed E-state index contributed by atoms with van der Waals surface area (Å²) in [7, 11) is 0. The van der Waals surface area contributed by atoms with Crippen LogP contribution in [0.1, 0.15) is 32.0 Å². The van der Waals surface area contributed by atoms with Gasteiger partial charge >= 0.3 is 6.09 Å². The summed E-state index contributed by atoms with van der Waals surface area (Å²) >= 11 is 0. The van der Waals surface area contributed by atoms with E-state index in [0.717, 1.165) is 0 Å².